The molecule has 1 heterocycles. The minimum absolute atomic E-state index is 0.854. The standard InChI is InChI=1S/C29H24NO/c1-21-26-15-9-10-16-27(26)28(22-11-5-3-6-12-22)29(23-13-7-4-8-14-23)30(21)24-17-19-25(31-2)20-18-24/h3-20H,1-2H3/q+1. The number of aryl methyl sites for hydroxylation is 1. The number of fused-ring (bicyclic) bond motifs is 1. The lowest BCUT2D eigenvalue weighted by atomic mass is 9.92. The molecule has 0 atom stereocenters. The number of benzene rings is 4. The molecule has 0 aliphatic carbocycles. The van der Waals surface area contributed by atoms with Crippen molar-refractivity contribution in [2.45, 2.75) is 6.92 Å². The van der Waals surface area contributed by atoms with Crippen molar-refractivity contribution >= 4 is 10.8 Å². The second-order valence-corrected chi connectivity index (χ2v) is 7.62. The van der Waals surface area contributed by atoms with Gasteiger partial charge in [0.1, 0.15) is 5.75 Å². The van der Waals surface area contributed by atoms with Crippen molar-refractivity contribution in [1.29, 1.82) is 0 Å². The first kappa shape index (κ1) is 19.1. The average Bonchev–Trinajstić information content (AvgIpc) is 2.85. The highest BCUT2D eigenvalue weighted by molar-refractivity contribution is 6.02. The van der Waals surface area contributed by atoms with Gasteiger partial charge >= 0.3 is 0 Å². The first-order valence-corrected chi connectivity index (χ1v) is 10.5. The van der Waals surface area contributed by atoms with Crippen LogP contribution in [0.4, 0.5) is 0 Å². The molecule has 2 nitrogen and oxygen atoms in total. The predicted octanol–water partition coefficient (Wildman–Crippen LogP) is 6.77. The first-order chi connectivity index (χ1) is 15.3. The molecular weight excluding hydrogens is 378 g/mol. The Hall–Kier alpha value is -3.91. The quantitative estimate of drug-likeness (QED) is 0.302. The van der Waals surface area contributed by atoms with E-state index >= 15 is 0 Å². The number of methoxy groups -OCH3 is 1. The van der Waals surface area contributed by atoms with E-state index in [-0.39, 0.29) is 0 Å². The van der Waals surface area contributed by atoms with Crippen LogP contribution in [-0.4, -0.2) is 7.11 Å². The molecule has 2 heteroatoms. The lowest BCUT2D eigenvalue weighted by Gasteiger charge is -2.16. The van der Waals surface area contributed by atoms with Gasteiger partial charge in [0.2, 0.25) is 11.4 Å². The smallest absolute Gasteiger partial charge is 0.227 e. The summed E-state index contributed by atoms with van der Waals surface area (Å²) >= 11 is 0. The largest absolute Gasteiger partial charge is 0.497 e. The van der Waals surface area contributed by atoms with Crippen LogP contribution in [0.2, 0.25) is 0 Å². The molecule has 4 aromatic carbocycles. The number of ether oxygens (including phenoxy) is 1. The fourth-order valence-electron chi connectivity index (χ4n) is 4.36. The van der Waals surface area contributed by atoms with Crippen LogP contribution in [0.3, 0.4) is 0 Å². The van der Waals surface area contributed by atoms with Crippen LogP contribution in [-0.2, 0) is 0 Å². The molecule has 0 saturated heterocycles. The summed E-state index contributed by atoms with van der Waals surface area (Å²) in [4.78, 5) is 0. The van der Waals surface area contributed by atoms with Gasteiger partial charge in [-0.05, 0) is 35.9 Å². The van der Waals surface area contributed by atoms with Gasteiger partial charge in [0, 0.05) is 35.4 Å². The summed E-state index contributed by atoms with van der Waals surface area (Å²) in [5.74, 6) is 0.854. The molecule has 0 aliphatic rings. The number of hydrogen-bond acceptors (Lipinski definition) is 1. The molecule has 0 unspecified atom stereocenters. The number of aromatic nitrogens is 1. The van der Waals surface area contributed by atoms with Crippen molar-refractivity contribution in [3.8, 4) is 33.8 Å². The zero-order valence-electron chi connectivity index (χ0n) is 17.7. The highest BCUT2D eigenvalue weighted by atomic mass is 16.5. The zero-order valence-corrected chi connectivity index (χ0v) is 17.7. The van der Waals surface area contributed by atoms with E-state index in [1.54, 1.807) is 7.11 Å². The van der Waals surface area contributed by atoms with Gasteiger partial charge in [0.15, 0.2) is 5.69 Å². The molecule has 0 amide bonds. The summed E-state index contributed by atoms with van der Waals surface area (Å²) in [5.41, 5.74) is 7.14. The van der Waals surface area contributed by atoms with Crippen molar-refractivity contribution in [3.05, 3.63) is 115 Å². The van der Waals surface area contributed by atoms with E-state index < -0.39 is 0 Å². The van der Waals surface area contributed by atoms with Gasteiger partial charge in [-0.25, -0.2) is 0 Å². The Morgan fingerprint density at radius 2 is 1.13 bits per heavy atom. The van der Waals surface area contributed by atoms with Crippen molar-refractivity contribution in [3.63, 3.8) is 0 Å². The molecular formula is C29H24NO+. The number of rotatable bonds is 4. The molecule has 0 saturated carbocycles. The van der Waals surface area contributed by atoms with Gasteiger partial charge in [-0.3, -0.25) is 0 Å². The molecule has 0 bridgehead atoms. The molecule has 150 valence electrons. The molecule has 0 spiro atoms. The third kappa shape index (κ3) is 3.36. The molecule has 0 aliphatic heterocycles. The summed E-state index contributed by atoms with van der Waals surface area (Å²) in [5, 5.41) is 2.51. The third-order valence-corrected chi connectivity index (χ3v) is 5.82. The molecule has 31 heavy (non-hydrogen) atoms. The maximum absolute atomic E-state index is 5.40. The maximum atomic E-state index is 5.40. The minimum atomic E-state index is 0.854. The second kappa shape index (κ2) is 8.08. The Bertz CT molecular complexity index is 1340. The number of nitrogens with zero attached hydrogens (tertiary/aromatic N) is 1. The Kier molecular flexibility index (Phi) is 4.97. The van der Waals surface area contributed by atoms with Gasteiger partial charge in [0.25, 0.3) is 0 Å². The Morgan fingerprint density at radius 3 is 1.74 bits per heavy atom. The van der Waals surface area contributed by atoms with Crippen LogP contribution in [0.15, 0.2) is 109 Å². The van der Waals surface area contributed by atoms with E-state index in [9.17, 15) is 0 Å². The highest BCUT2D eigenvalue weighted by Crippen LogP contribution is 2.37. The molecule has 0 radical (unpaired) electrons. The summed E-state index contributed by atoms with van der Waals surface area (Å²) in [6.45, 7) is 2.20. The van der Waals surface area contributed by atoms with E-state index in [0.29, 0.717) is 0 Å². The normalized spacial score (nSPS) is 10.9. The molecule has 0 N–H and O–H groups in total. The van der Waals surface area contributed by atoms with E-state index in [1.165, 1.54) is 38.9 Å². The van der Waals surface area contributed by atoms with E-state index in [1.807, 2.05) is 12.1 Å². The molecule has 5 aromatic rings. The van der Waals surface area contributed by atoms with Crippen LogP contribution in [0, 0.1) is 6.92 Å². The van der Waals surface area contributed by atoms with Crippen LogP contribution in [0.1, 0.15) is 5.69 Å². The average molecular weight is 403 g/mol. The fraction of sp³-hybridized carbons (Fsp3) is 0.0690. The first-order valence-electron chi connectivity index (χ1n) is 10.5. The van der Waals surface area contributed by atoms with E-state index in [4.69, 9.17) is 4.74 Å². The zero-order chi connectivity index (χ0) is 21.2. The summed E-state index contributed by atoms with van der Waals surface area (Å²) in [7, 11) is 1.70. The van der Waals surface area contributed by atoms with Gasteiger partial charge in [-0.1, -0.05) is 66.7 Å². The van der Waals surface area contributed by atoms with Crippen LogP contribution in [0.5, 0.6) is 5.75 Å². The second-order valence-electron chi connectivity index (χ2n) is 7.62. The summed E-state index contributed by atoms with van der Waals surface area (Å²) in [6, 6.07) is 38.3. The minimum Gasteiger partial charge on any atom is -0.497 e. The summed E-state index contributed by atoms with van der Waals surface area (Å²) < 4.78 is 7.78. The van der Waals surface area contributed by atoms with Crippen molar-refractivity contribution in [2.75, 3.05) is 7.11 Å². The van der Waals surface area contributed by atoms with Gasteiger partial charge in [-0.2, -0.15) is 4.57 Å². The third-order valence-electron chi connectivity index (χ3n) is 5.82. The topological polar surface area (TPSA) is 13.1 Å². The highest BCUT2D eigenvalue weighted by Gasteiger charge is 2.28. The molecule has 0 fully saturated rings. The molecule has 5 rings (SSSR count). The van der Waals surface area contributed by atoms with Crippen LogP contribution >= 0.6 is 0 Å². The molecule has 1 aromatic heterocycles. The lowest BCUT2D eigenvalue weighted by molar-refractivity contribution is -0.588. The summed E-state index contributed by atoms with van der Waals surface area (Å²) in [6.07, 6.45) is 0. The van der Waals surface area contributed by atoms with Crippen molar-refractivity contribution < 1.29 is 9.30 Å². The Labute approximate surface area is 183 Å². The van der Waals surface area contributed by atoms with Crippen molar-refractivity contribution in [2.24, 2.45) is 0 Å². The van der Waals surface area contributed by atoms with E-state index in [2.05, 4.69) is 109 Å². The maximum Gasteiger partial charge on any atom is 0.227 e. The SMILES string of the molecule is COc1ccc(-[n+]2c(-c3ccccc3)c(-c3ccccc3)c3ccccc3c2C)cc1. The lowest BCUT2D eigenvalue weighted by Crippen LogP contribution is -2.38. The fourth-order valence-corrected chi connectivity index (χ4v) is 4.36. The Balaban J connectivity index is 1.97. The monoisotopic (exact) mass is 402 g/mol. The van der Waals surface area contributed by atoms with Gasteiger partial charge < -0.3 is 4.74 Å². The van der Waals surface area contributed by atoms with Gasteiger partial charge in [0.05, 0.1) is 12.7 Å². The van der Waals surface area contributed by atoms with Crippen LogP contribution < -0.4 is 9.30 Å². The Morgan fingerprint density at radius 1 is 0.581 bits per heavy atom. The van der Waals surface area contributed by atoms with Crippen LogP contribution in [0.25, 0.3) is 38.8 Å². The van der Waals surface area contributed by atoms with Gasteiger partial charge in [-0.15, -0.1) is 0 Å². The number of hydrogen-bond donors (Lipinski definition) is 0. The predicted molar refractivity (Wildman–Crippen MR) is 128 cm³/mol. The number of pyridine rings is 1. The van der Waals surface area contributed by atoms with E-state index in [0.717, 1.165) is 11.4 Å². The van der Waals surface area contributed by atoms with Crippen molar-refractivity contribution in [1.82, 2.24) is 0 Å².